The van der Waals surface area contributed by atoms with Gasteiger partial charge in [-0.05, 0) is 49.8 Å². The third-order valence-corrected chi connectivity index (χ3v) is 4.22. The van der Waals surface area contributed by atoms with Crippen molar-refractivity contribution in [3.63, 3.8) is 0 Å². The molecule has 0 aliphatic rings. The second kappa shape index (κ2) is 7.21. The molecule has 0 aliphatic carbocycles. The molecule has 0 fully saturated rings. The lowest BCUT2D eigenvalue weighted by Gasteiger charge is -2.20. The van der Waals surface area contributed by atoms with Crippen molar-refractivity contribution in [2.24, 2.45) is 0 Å². The molecule has 5 heteroatoms. The Bertz CT molecular complexity index is 906. The number of aromatic carboxylic acids is 1. The lowest BCUT2D eigenvalue weighted by molar-refractivity contribution is 0.0699. The number of aromatic nitrogens is 2. The smallest absolute Gasteiger partial charge is 0.337 e. The Morgan fingerprint density at radius 3 is 2.48 bits per heavy atom. The summed E-state index contributed by atoms with van der Waals surface area (Å²) in [6, 6.07) is 13.4. The zero-order valence-electron chi connectivity index (χ0n) is 14.4. The molecule has 0 saturated heterocycles. The van der Waals surface area contributed by atoms with E-state index in [2.05, 4.69) is 53.0 Å². The molecule has 0 aliphatic heterocycles. The van der Waals surface area contributed by atoms with E-state index in [9.17, 15) is 9.90 Å². The number of carboxylic acids is 1. The van der Waals surface area contributed by atoms with E-state index >= 15 is 0 Å². The van der Waals surface area contributed by atoms with Crippen LogP contribution < -0.4 is 4.90 Å². The summed E-state index contributed by atoms with van der Waals surface area (Å²) in [7, 11) is 0. The molecule has 1 aromatic heterocycles. The van der Waals surface area contributed by atoms with Crippen molar-refractivity contribution in [3.05, 3.63) is 59.4 Å². The van der Waals surface area contributed by atoms with Gasteiger partial charge in [0.15, 0.2) is 0 Å². The highest BCUT2D eigenvalue weighted by molar-refractivity contribution is 6.01. The van der Waals surface area contributed by atoms with E-state index in [0.717, 1.165) is 24.2 Å². The number of nitrogens with zero attached hydrogens (tertiary/aromatic N) is 2. The summed E-state index contributed by atoms with van der Waals surface area (Å²) >= 11 is 0. The van der Waals surface area contributed by atoms with E-state index in [1.165, 1.54) is 5.69 Å². The number of carboxylic acid groups (broad SMARTS) is 1. The summed E-state index contributed by atoms with van der Waals surface area (Å²) in [5.74, 6) is -0.337. The van der Waals surface area contributed by atoms with E-state index < -0.39 is 5.97 Å². The van der Waals surface area contributed by atoms with E-state index in [1.807, 2.05) is 18.2 Å². The van der Waals surface area contributed by atoms with Crippen LogP contribution in [0.5, 0.6) is 0 Å². The molecule has 0 saturated carbocycles. The zero-order valence-corrected chi connectivity index (χ0v) is 14.4. The molecule has 3 aromatic rings. The number of hydrogen-bond acceptors (Lipinski definition) is 3. The molecule has 0 bridgehead atoms. The van der Waals surface area contributed by atoms with Crippen molar-refractivity contribution in [1.29, 1.82) is 0 Å². The van der Waals surface area contributed by atoms with Gasteiger partial charge in [-0.1, -0.05) is 24.3 Å². The van der Waals surface area contributed by atoms with Gasteiger partial charge in [-0.25, -0.2) is 9.78 Å². The van der Waals surface area contributed by atoms with Crippen LogP contribution in [-0.4, -0.2) is 34.1 Å². The largest absolute Gasteiger partial charge is 0.478 e. The Balaban J connectivity index is 1.83. The Labute approximate surface area is 146 Å². The maximum Gasteiger partial charge on any atom is 0.337 e. The summed E-state index contributed by atoms with van der Waals surface area (Å²) in [5, 5.41) is 9.24. The van der Waals surface area contributed by atoms with Crippen LogP contribution >= 0.6 is 0 Å². The minimum Gasteiger partial charge on any atom is -0.478 e. The van der Waals surface area contributed by atoms with Crippen molar-refractivity contribution in [2.45, 2.75) is 13.8 Å². The minimum atomic E-state index is -0.973. The number of rotatable bonds is 6. The van der Waals surface area contributed by atoms with Gasteiger partial charge in [0, 0.05) is 18.8 Å². The summed E-state index contributed by atoms with van der Waals surface area (Å²) in [5.41, 5.74) is 3.67. The number of carbonyl (C=O) groups is 1. The molecular formula is C20H21N3O2. The van der Waals surface area contributed by atoms with Gasteiger partial charge < -0.3 is 15.0 Å². The fourth-order valence-corrected chi connectivity index (χ4v) is 2.86. The van der Waals surface area contributed by atoms with E-state index in [1.54, 1.807) is 12.1 Å². The summed E-state index contributed by atoms with van der Waals surface area (Å²) < 4.78 is 0. The molecule has 0 unspecified atom stereocenters. The number of hydrogen-bond donors (Lipinski definition) is 2. The highest BCUT2D eigenvalue weighted by atomic mass is 16.4. The van der Waals surface area contributed by atoms with Crippen LogP contribution in [0.3, 0.4) is 0 Å². The molecule has 3 rings (SSSR count). The first-order valence-electron chi connectivity index (χ1n) is 8.37. The first-order chi connectivity index (χ1) is 12.1. The predicted octanol–water partition coefficient (Wildman–Crippen LogP) is 4.28. The molecular weight excluding hydrogens is 314 g/mol. The molecule has 2 N–H and O–H groups in total. The Kier molecular flexibility index (Phi) is 4.84. The molecule has 0 atom stereocenters. The SMILES string of the molecule is CCN(CC)c1ccc(/C=C/c2nc3c(C(=O)O)cccc3[nH]2)cc1. The van der Waals surface area contributed by atoms with E-state index in [-0.39, 0.29) is 5.56 Å². The highest BCUT2D eigenvalue weighted by Crippen LogP contribution is 2.19. The zero-order chi connectivity index (χ0) is 17.8. The van der Waals surface area contributed by atoms with Gasteiger partial charge in [-0.2, -0.15) is 0 Å². The molecule has 0 radical (unpaired) electrons. The number of benzene rings is 2. The van der Waals surface area contributed by atoms with Crippen LogP contribution in [0, 0.1) is 0 Å². The summed E-state index contributed by atoms with van der Waals surface area (Å²) in [4.78, 5) is 21.1. The molecule has 128 valence electrons. The van der Waals surface area contributed by atoms with Gasteiger partial charge in [-0.3, -0.25) is 0 Å². The second-order valence-electron chi connectivity index (χ2n) is 5.73. The third kappa shape index (κ3) is 3.55. The first-order valence-corrected chi connectivity index (χ1v) is 8.37. The number of aromatic amines is 1. The van der Waals surface area contributed by atoms with Crippen molar-refractivity contribution in [1.82, 2.24) is 9.97 Å². The molecule has 5 nitrogen and oxygen atoms in total. The van der Waals surface area contributed by atoms with Gasteiger partial charge in [0.25, 0.3) is 0 Å². The third-order valence-electron chi connectivity index (χ3n) is 4.22. The number of para-hydroxylation sites is 1. The van der Waals surface area contributed by atoms with Crippen LogP contribution in [0.4, 0.5) is 5.69 Å². The standard InChI is InChI=1S/C20H21N3O2/c1-3-23(4-2)15-11-8-14(9-12-15)10-13-18-21-17-7-5-6-16(20(24)25)19(17)22-18/h5-13H,3-4H2,1-2H3,(H,21,22)(H,24,25)/b13-10+. The van der Waals surface area contributed by atoms with Crippen LogP contribution in [0.25, 0.3) is 23.2 Å². The lowest BCUT2D eigenvalue weighted by atomic mass is 10.2. The van der Waals surface area contributed by atoms with E-state index in [4.69, 9.17) is 0 Å². The molecule has 0 amide bonds. The lowest BCUT2D eigenvalue weighted by Crippen LogP contribution is -2.21. The number of nitrogens with one attached hydrogen (secondary N) is 1. The molecule has 0 spiro atoms. The fraction of sp³-hybridized carbons (Fsp3) is 0.200. The Morgan fingerprint density at radius 1 is 1.12 bits per heavy atom. The maximum absolute atomic E-state index is 11.3. The van der Waals surface area contributed by atoms with Gasteiger partial charge in [0.05, 0.1) is 11.1 Å². The van der Waals surface area contributed by atoms with Crippen molar-refractivity contribution < 1.29 is 9.90 Å². The quantitative estimate of drug-likeness (QED) is 0.705. The minimum absolute atomic E-state index is 0.206. The summed E-state index contributed by atoms with van der Waals surface area (Å²) in [6.45, 7) is 6.25. The predicted molar refractivity (Wildman–Crippen MR) is 102 cm³/mol. The molecule has 2 aromatic carbocycles. The Morgan fingerprint density at radius 2 is 1.84 bits per heavy atom. The summed E-state index contributed by atoms with van der Waals surface area (Å²) in [6.07, 6.45) is 3.82. The average Bonchev–Trinajstić information content (AvgIpc) is 3.05. The van der Waals surface area contributed by atoms with E-state index in [0.29, 0.717) is 11.3 Å². The fourth-order valence-electron chi connectivity index (χ4n) is 2.86. The van der Waals surface area contributed by atoms with Crippen molar-refractivity contribution >= 4 is 34.8 Å². The van der Waals surface area contributed by atoms with Crippen LogP contribution in [-0.2, 0) is 0 Å². The van der Waals surface area contributed by atoms with Crippen LogP contribution in [0.2, 0.25) is 0 Å². The normalized spacial score (nSPS) is 11.3. The van der Waals surface area contributed by atoms with Gasteiger partial charge in [0.1, 0.15) is 11.3 Å². The van der Waals surface area contributed by atoms with Gasteiger partial charge in [0.2, 0.25) is 0 Å². The molecule has 25 heavy (non-hydrogen) atoms. The topological polar surface area (TPSA) is 69.2 Å². The van der Waals surface area contributed by atoms with Crippen LogP contribution in [0.1, 0.15) is 35.6 Å². The van der Waals surface area contributed by atoms with Crippen molar-refractivity contribution in [2.75, 3.05) is 18.0 Å². The molecule has 1 heterocycles. The number of H-pyrrole nitrogens is 1. The number of imidazole rings is 1. The van der Waals surface area contributed by atoms with Crippen molar-refractivity contribution in [3.8, 4) is 0 Å². The second-order valence-corrected chi connectivity index (χ2v) is 5.73. The average molecular weight is 335 g/mol. The first kappa shape index (κ1) is 16.8. The monoisotopic (exact) mass is 335 g/mol. The Hall–Kier alpha value is -3.08. The maximum atomic E-state index is 11.3. The number of anilines is 1. The number of fused-ring (bicyclic) bond motifs is 1. The van der Waals surface area contributed by atoms with Crippen LogP contribution in [0.15, 0.2) is 42.5 Å². The van der Waals surface area contributed by atoms with Gasteiger partial charge >= 0.3 is 5.97 Å². The highest BCUT2D eigenvalue weighted by Gasteiger charge is 2.11. The van der Waals surface area contributed by atoms with Gasteiger partial charge in [-0.15, -0.1) is 0 Å².